The largest absolute Gasteiger partial charge is 0.456 e. The van der Waals surface area contributed by atoms with Gasteiger partial charge in [-0.2, -0.15) is 0 Å². The lowest BCUT2D eigenvalue weighted by molar-refractivity contribution is -0.385. The quantitative estimate of drug-likeness (QED) is 0.486. The number of benzene rings is 2. The maximum absolute atomic E-state index is 12.9. The van der Waals surface area contributed by atoms with Gasteiger partial charge in [0.05, 0.1) is 15.5 Å². The van der Waals surface area contributed by atoms with E-state index in [1.54, 1.807) is 0 Å². The van der Waals surface area contributed by atoms with Gasteiger partial charge in [-0.05, 0) is 30.3 Å². The Morgan fingerprint density at radius 2 is 2.00 bits per heavy atom. The maximum atomic E-state index is 12.9. The number of hydrogen-bond donors (Lipinski definition) is 0. The molecular formula is C13H7ClFNO4. The van der Waals surface area contributed by atoms with Crippen LogP contribution in [-0.4, -0.2) is 11.2 Å². The summed E-state index contributed by atoms with van der Waals surface area (Å²) >= 11 is 5.79. The van der Waals surface area contributed by atoms with Gasteiger partial charge < -0.3 is 4.74 Å². The molecule has 0 aliphatic rings. The van der Waals surface area contributed by atoms with E-state index in [0.717, 1.165) is 18.2 Å². The first kappa shape index (κ1) is 14.0. The molecule has 0 saturated carbocycles. The monoisotopic (exact) mass is 295 g/mol. The molecule has 0 unspecified atom stereocenters. The average Bonchev–Trinajstić information content (AvgIpc) is 2.41. The molecule has 5 nitrogen and oxygen atoms in total. The maximum Gasteiger partial charge on any atom is 0.280 e. The van der Waals surface area contributed by atoms with E-state index in [-0.39, 0.29) is 27.8 Å². The lowest BCUT2D eigenvalue weighted by Crippen LogP contribution is -1.95. The van der Waals surface area contributed by atoms with Crippen LogP contribution in [0, 0.1) is 15.9 Å². The molecule has 2 aromatic carbocycles. The summed E-state index contributed by atoms with van der Waals surface area (Å²) in [6.45, 7) is 0. The molecule has 0 atom stereocenters. The summed E-state index contributed by atoms with van der Waals surface area (Å²) in [6.07, 6.45) is 0.358. The van der Waals surface area contributed by atoms with Crippen molar-refractivity contribution in [3.05, 3.63) is 62.9 Å². The number of carbonyl (C=O) groups is 1. The highest BCUT2D eigenvalue weighted by Crippen LogP contribution is 2.31. The summed E-state index contributed by atoms with van der Waals surface area (Å²) in [5.74, 6) is -0.149. The molecule has 7 heteroatoms. The molecule has 0 aliphatic carbocycles. The molecule has 0 bridgehead atoms. The molecule has 0 amide bonds. The zero-order chi connectivity index (χ0) is 14.7. The minimum Gasteiger partial charge on any atom is -0.456 e. The van der Waals surface area contributed by atoms with Gasteiger partial charge in [0.1, 0.15) is 17.3 Å². The predicted molar refractivity (Wildman–Crippen MR) is 70.0 cm³/mol. The minimum atomic E-state index is -0.668. The van der Waals surface area contributed by atoms with Crippen molar-refractivity contribution in [2.24, 2.45) is 0 Å². The van der Waals surface area contributed by atoms with Crippen LogP contribution in [0.5, 0.6) is 11.5 Å². The van der Waals surface area contributed by atoms with E-state index in [1.165, 1.54) is 18.2 Å². The van der Waals surface area contributed by atoms with E-state index in [1.807, 2.05) is 0 Å². The molecule has 0 heterocycles. The number of carbonyl (C=O) groups excluding carboxylic acids is 1. The number of aldehydes is 1. The molecule has 0 spiro atoms. The van der Waals surface area contributed by atoms with E-state index in [0.29, 0.717) is 6.29 Å². The number of rotatable bonds is 4. The molecule has 2 aromatic rings. The number of nitrogens with zero attached hydrogens (tertiary/aromatic N) is 1. The highest BCUT2D eigenvalue weighted by atomic mass is 35.5. The Labute approximate surface area is 117 Å². The Morgan fingerprint density at radius 3 is 2.60 bits per heavy atom. The van der Waals surface area contributed by atoms with Crippen LogP contribution in [0.2, 0.25) is 5.02 Å². The van der Waals surface area contributed by atoms with Crippen molar-refractivity contribution < 1.29 is 18.8 Å². The highest BCUT2D eigenvalue weighted by molar-refractivity contribution is 6.32. The number of halogens is 2. The summed E-state index contributed by atoms with van der Waals surface area (Å²) in [6, 6.07) is 7.24. The van der Waals surface area contributed by atoms with Crippen molar-refractivity contribution in [1.29, 1.82) is 0 Å². The summed E-state index contributed by atoms with van der Waals surface area (Å²) in [4.78, 5) is 20.8. The molecule has 0 fully saturated rings. The normalized spacial score (nSPS) is 10.1. The third-order valence-corrected chi connectivity index (χ3v) is 2.74. The first-order chi connectivity index (χ1) is 9.51. The average molecular weight is 296 g/mol. The van der Waals surface area contributed by atoms with Gasteiger partial charge in [0, 0.05) is 6.07 Å². The first-order valence-electron chi connectivity index (χ1n) is 5.38. The third-order valence-electron chi connectivity index (χ3n) is 2.44. The smallest absolute Gasteiger partial charge is 0.280 e. The molecule has 0 aliphatic heterocycles. The molecule has 0 radical (unpaired) electrons. The molecule has 0 N–H and O–H groups in total. The van der Waals surface area contributed by atoms with E-state index in [9.17, 15) is 19.3 Å². The van der Waals surface area contributed by atoms with Gasteiger partial charge in [0.25, 0.3) is 5.69 Å². The van der Waals surface area contributed by atoms with Gasteiger partial charge in [0.15, 0.2) is 6.29 Å². The Balaban J connectivity index is 2.34. The van der Waals surface area contributed by atoms with Crippen LogP contribution < -0.4 is 4.74 Å². The topological polar surface area (TPSA) is 69.4 Å². The molecule has 2 rings (SSSR count). The minimum absolute atomic E-state index is 0.0519. The summed E-state index contributed by atoms with van der Waals surface area (Å²) < 4.78 is 18.2. The summed E-state index contributed by atoms with van der Waals surface area (Å²) in [5.41, 5.74) is -0.441. The second-order valence-electron chi connectivity index (χ2n) is 3.77. The first-order valence-corrected chi connectivity index (χ1v) is 5.75. The summed E-state index contributed by atoms with van der Waals surface area (Å²) in [7, 11) is 0. The Morgan fingerprint density at radius 1 is 1.25 bits per heavy atom. The zero-order valence-electron chi connectivity index (χ0n) is 9.88. The second kappa shape index (κ2) is 5.66. The lowest BCUT2D eigenvalue weighted by Gasteiger charge is -2.08. The molecule has 102 valence electrons. The SMILES string of the molecule is O=Cc1cc(Oc2ccc(F)cc2Cl)ccc1[N+](=O)[O-]. The third kappa shape index (κ3) is 2.92. The highest BCUT2D eigenvalue weighted by Gasteiger charge is 2.14. The molecule has 0 aromatic heterocycles. The van der Waals surface area contributed by atoms with Crippen molar-refractivity contribution >= 4 is 23.6 Å². The van der Waals surface area contributed by atoms with Crippen LogP contribution in [0.1, 0.15) is 10.4 Å². The van der Waals surface area contributed by atoms with Crippen LogP contribution in [0.15, 0.2) is 36.4 Å². The lowest BCUT2D eigenvalue weighted by atomic mass is 10.2. The van der Waals surface area contributed by atoms with Gasteiger partial charge in [-0.3, -0.25) is 14.9 Å². The van der Waals surface area contributed by atoms with Crippen LogP contribution in [0.4, 0.5) is 10.1 Å². The van der Waals surface area contributed by atoms with Crippen LogP contribution in [0.3, 0.4) is 0 Å². The number of nitro benzene ring substituents is 1. The van der Waals surface area contributed by atoms with Crippen molar-refractivity contribution in [2.75, 3.05) is 0 Å². The molecule has 20 heavy (non-hydrogen) atoms. The van der Waals surface area contributed by atoms with Crippen molar-refractivity contribution in [1.82, 2.24) is 0 Å². The number of nitro groups is 1. The van der Waals surface area contributed by atoms with Crippen molar-refractivity contribution in [3.8, 4) is 11.5 Å². The predicted octanol–water partition coefficient (Wildman–Crippen LogP) is 3.99. The molecular weight excluding hydrogens is 289 g/mol. The fraction of sp³-hybridized carbons (Fsp3) is 0. The van der Waals surface area contributed by atoms with E-state index < -0.39 is 10.7 Å². The molecule has 0 saturated heterocycles. The Hall–Kier alpha value is -2.47. The van der Waals surface area contributed by atoms with E-state index >= 15 is 0 Å². The Kier molecular flexibility index (Phi) is 3.95. The van der Waals surface area contributed by atoms with Crippen LogP contribution in [0.25, 0.3) is 0 Å². The fourth-order valence-electron chi connectivity index (χ4n) is 1.54. The second-order valence-corrected chi connectivity index (χ2v) is 4.18. The standard InChI is InChI=1S/C13H7ClFNO4/c14-11-6-9(15)1-4-13(11)20-10-2-3-12(16(18)19)8(5-10)7-17/h1-7H. The van der Waals surface area contributed by atoms with Gasteiger partial charge in [0.2, 0.25) is 0 Å². The van der Waals surface area contributed by atoms with Crippen molar-refractivity contribution in [2.45, 2.75) is 0 Å². The van der Waals surface area contributed by atoms with Gasteiger partial charge in [-0.15, -0.1) is 0 Å². The summed E-state index contributed by atoms with van der Waals surface area (Å²) in [5, 5.41) is 10.7. The number of hydrogen-bond acceptors (Lipinski definition) is 4. The van der Waals surface area contributed by atoms with Gasteiger partial charge in [-0.1, -0.05) is 11.6 Å². The Bertz CT molecular complexity index is 690. The van der Waals surface area contributed by atoms with E-state index in [4.69, 9.17) is 16.3 Å². The van der Waals surface area contributed by atoms with Crippen LogP contribution in [-0.2, 0) is 0 Å². The van der Waals surface area contributed by atoms with Gasteiger partial charge >= 0.3 is 0 Å². The van der Waals surface area contributed by atoms with Gasteiger partial charge in [-0.25, -0.2) is 4.39 Å². The van der Waals surface area contributed by atoms with Crippen molar-refractivity contribution in [3.63, 3.8) is 0 Å². The van der Waals surface area contributed by atoms with Crippen LogP contribution >= 0.6 is 11.6 Å². The van der Waals surface area contributed by atoms with E-state index in [2.05, 4.69) is 0 Å². The number of ether oxygens (including phenoxy) is 1. The fourth-order valence-corrected chi connectivity index (χ4v) is 1.75. The zero-order valence-corrected chi connectivity index (χ0v) is 10.6.